The Balaban J connectivity index is 1.71. The predicted molar refractivity (Wildman–Crippen MR) is 65.2 cm³/mol. The Labute approximate surface area is 100 Å². The highest BCUT2D eigenvalue weighted by molar-refractivity contribution is 5.76. The lowest BCUT2D eigenvalue weighted by molar-refractivity contribution is -0.121. The smallest absolute Gasteiger partial charge is 0.220 e. The van der Waals surface area contributed by atoms with Gasteiger partial charge in [-0.2, -0.15) is 0 Å². The van der Waals surface area contributed by atoms with Crippen molar-refractivity contribution in [3.63, 3.8) is 0 Å². The van der Waals surface area contributed by atoms with Crippen molar-refractivity contribution in [3.05, 3.63) is 54.1 Å². The van der Waals surface area contributed by atoms with E-state index in [4.69, 9.17) is 0 Å². The number of pyridine rings is 1. The first kappa shape index (κ1) is 11.4. The van der Waals surface area contributed by atoms with Gasteiger partial charge in [-0.05, 0) is 30.2 Å². The van der Waals surface area contributed by atoms with Crippen molar-refractivity contribution in [1.29, 1.82) is 0 Å². The average molecular weight is 229 g/mol. The number of nitrogens with zero attached hydrogens (tertiary/aromatic N) is 1. The molecule has 0 saturated heterocycles. The van der Waals surface area contributed by atoms with Crippen LogP contribution in [0.15, 0.2) is 42.9 Å². The number of carbonyl (C=O) groups excluding carboxylic acids is 1. The lowest BCUT2D eigenvalue weighted by atomic mass is 10.2. The highest BCUT2D eigenvalue weighted by Gasteiger charge is 2.02. The fourth-order valence-electron chi connectivity index (χ4n) is 1.56. The maximum atomic E-state index is 11.6. The summed E-state index contributed by atoms with van der Waals surface area (Å²) in [7, 11) is 0. The van der Waals surface area contributed by atoms with Crippen LogP contribution in [0.25, 0.3) is 0 Å². The first-order valence-electron chi connectivity index (χ1n) is 5.62. The average Bonchev–Trinajstić information content (AvgIpc) is 2.88. The summed E-state index contributed by atoms with van der Waals surface area (Å²) < 4.78 is 0. The number of hydrogen-bond donors (Lipinski definition) is 2. The summed E-state index contributed by atoms with van der Waals surface area (Å²) >= 11 is 0. The van der Waals surface area contributed by atoms with Gasteiger partial charge >= 0.3 is 0 Å². The van der Waals surface area contributed by atoms with Gasteiger partial charge in [0.1, 0.15) is 0 Å². The quantitative estimate of drug-likeness (QED) is 0.819. The predicted octanol–water partition coefficient (Wildman–Crippen LogP) is 1.66. The van der Waals surface area contributed by atoms with Crippen LogP contribution in [0.2, 0.25) is 0 Å². The molecule has 88 valence electrons. The molecule has 2 aromatic heterocycles. The number of aromatic nitrogens is 2. The summed E-state index contributed by atoms with van der Waals surface area (Å²) in [5, 5.41) is 2.87. The Kier molecular flexibility index (Phi) is 3.91. The molecule has 2 N–H and O–H groups in total. The number of carbonyl (C=O) groups is 1. The molecule has 4 heteroatoms. The van der Waals surface area contributed by atoms with E-state index in [-0.39, 0.29) is 5.91 Å². The minimum absolute atomic E-state index is 0.0588. The summed E-state index contributed by atoms with van der Waals surface area (Å²) in [5.41, 5.74) is 2.10. The molecule has 0 bridgehead atoms. The normalized spacial score (nSPS) is 10.1. The molecular formula is C13H15N3O. The second kappa shape index (κ2) is 5.84. The van der Waals surface area contributed by atoms with Gasteiger partial charge in [-0.25, -0.2) is 0 Å². The molecule has 0 aliphatic heterocycles. The van der Waals surface area contributed by atoms with E-state index in [0.29, 0.717) is 13.0 Å². The van der Waals surface area contributed by atoms with Crippen LogP contribution < -0.4 is 5.32 Å². The van der Waals surface area contributed by atoms with Gasteiger partial charge in [-0.15, -0.1) is 0 Å². The second-order valence-corrected chi connectivity index (χ2v) is 3.83. The first-order valence-corrected chi connectivity index (χ1v) is 5.62. The highest BCUT2D eigenvalue weighted by Crippen LogP contribution is 2.00. The molecular weight excluding hydrogens is 214 g/mol. The number of H-pyrrole nitrogens is 1. The Morgan fingerprint density at radius 3 is 3.00 bits per heavy atom. The number of amides is 1. The zero-order valence-electron chi connectivity index (χ0n) is 9.52. The Bertz CT molecular complexity index is 451. The molecule has 0 radical (unpaired) electrons. The van der Waals surface area contributed by atoms with Crippen LogP contribution in [0.3, 0.4) is 0 Å². The molecule has 0 atom stereocenters. The molecule has 2 rings (SSSR count). The minimum Gasteiger partial charge on any atom is -0.365 e. The molecule has 0 saturated carbocycles. The summed E-state index contributed by atoms with van der Waals surface area (Å²) in [6.45, 7) is 0.539. The monoisotopic (exact) mass is 229 g/mol. The minimum atomic E-state index is 0.0588. The molecule has 2 heterocycles. The molecule has 0 aromatic carbocycles. The molecule has 0 unspecified atom stereocenters. The molecule has 2 aromatic rings. The van der Waals surface area contributed by atoms with Crippen LogP contribution in [0.4, 0.5) is 0 Å². The van der Waals surface area contributed by atoms with Gasteiger partial charge < -0.3 is 10.3 Å². The van der Waals surface area contributed by atoms with Crippen LogP contribution in [0.5, 0.6) is 0 Å². The van der Waals surface area contributed by atoms with Crippen LogP contribution in [-0.4, -0.2) is 15.9 Å². The van der Waals surface area contributed by atoms with E-state index in [1.807, 2.05) is 30.5 Å². The van der Waals surface area contributed by atoms with Gasteiger partial charge in [0.2, 0.25) is 5.91 Å². The Morgan fingerprint density at radius 2 is 2.29 bits per heavy atom. The van der Waals surface area contributed by atoms with Crippen molar-refractivity contribution in [3.8, 4) is 0 Å². The molecule has 1 amide bonds. The lowest BCUT2D eigenvalue weighted by Gasteiger charge is -2.04. The third kappa shape index (κ3) is 3.75. The van der Waals surface area contributed by atoms with Crippen LogP contribution in [0, 0.1) is 0 Å². The lowest BCUT2D eigenvalue weighted by Crippen LogP contribution is -2.23. The Hall–Kier alpha value is -2.10. The second-order valence-electron chi connectivity index (χ2n) is 3.83. The molecule has 0 spiro atoms. The van der Waals surface area contributed by atoms with Crippen molar-refractivity contribution in [2.24, 2.45) is 0 Å². The van der Waals surface area contributed by atoms with Crippen molar-refractivity contribution >= 4 is 5.91 Å². The number of aryl methyl sites for hydroxylation is 1. The van der Waals surface area contributed by atoms with E-state index in [0.717, 1.165) is 17.7 Å². The van der Waals surface area contributed by atoms with Crippen LogP contribution in [-0.2, 0) is 17.8 Å². The van der Waals surface area contributed by atoms with Gasteiger partial charge in [-0.1, -0.05) is 6.07 Å². The van der Waals surface area contributed by atoms with Crippen molar-refractivity contribution < 1.29 is 4.79 Å². The van der Waals surface area contributed by atoms with Crippen LogP contribution >= 0.6 is 0 Å². The summed E-state index contributed by atoms with van der Waals surface area (Å²) in [4.78, 5) is 18.6. The number of aromatic amines is 1. The van der Waals surface area contributed by atoms with Gasteiger partial charge in [0, 0.05) is 37.3 Å². The zero-order valence-corrected chi connectivity index (χ0v) is 9.52. The third-order valence-electron chi connectivity index (χ3n) is 2.50. The standard InChI is InChI=1S/C13H15N3O/c17-13(6-5-12-4-2-8-15-12)16-10-11-3-1-7-14-9-11/h1-4,7-9,15H,5-6,10H2,(H,16,17). The van der Waals surface area contributed by atoms with Crippen molar-refractivity contribution in [2.45, 2.75) is 19.4 Å². The van der Waals surface area contributed by atoms with Gasteiger partial charge in [-0.3, -0.25) is 9.78 Å². The fraction of sp³-hybridized carbons (Fsp3) is 0.231. The third-order valence-corrected chi connectivity index (χ3v) is 2.50. The Morgan fingerprint density at radius 1 is 1.35 bits per heavy atom. The van der Waals surface area contributed by atoms with E-state index in [1.54, 1.807) is 12.4 Å². The molecule has 0 aliphatic carbocycles. The molecule has 0 fully saturated rings. The number of hydrogen-bond acceptors (Lipinski definition) is 2. The van der Waals surface area contributed by atoms with E-state index in [1.165, 1.54) is 0 Å². The number of nitrogens with one attached hydrogen (secondary N) is 2. The highest BCUT2D eigenvalue weighted by atomic mass is 16.1. The van der Waals surface area contributed by atoms with Crippen LogP contribution in [0.1, 0.15) is 17.7 Å². The van der Waals surface area contributed by atoms with E-state index in [2.05, 4.69) is 15.3 Å². The zero-order chi connectivity index (χ0) is 11.9. The van der Waals surface area contributed by atoms with Gasteiger partial charge in [0.05, 0.1) is 0 Å². The summed E-state index contributed by atoms with van der Waals surface area (Å²) in [6.07, 6.45) is 6.58. The molecule has 17 heavy (non-hydrogen) atoms. The molecule has 4 nitrogen and oxygen atoms in total. The number of rotatable bonds is 5. The van der Waals surface area contributed by atoms with Crippen molar-refractivity contribution in [2.75, 3.05) is 0 Å². The largest absolute Gasteiger partial charge is 0.365 e. The van der Waals surface area contributed by atoms with Crippen molar-refractivity contribution in [1.82, 2.24) is 15.3 Å². The maximum Gasteiger partial charge on any atom is 0.220 e. The van der Waals surface area contributed by atoms with E-state index in [9.17, 15) is 4.79 Å². The topological polar surface area (TPSA) is 57.8 Å². The fourth-order valence-corrected chi connectivity index (χ4v) is 1.56. The van der Waals surface area contributed by atoms with E-state index >= 15 is 0 Å². The summed E-state index contributed by atoms with van der Waals surface area (Å²) in [6, 6.07) is 7.72. The first-order chi connectivity index (χ1) is 8.34. The summed E-state index contributed by atoms with van der Waals surface area (Å²) in [5.74, 6) is 0.0588. The maximum absolute atomic E-state index is 11.6. The SMILES string of the molecule is O=C(CCc1ccc[nH]1)NCc1cccnc1. The van der Waals surface area contributed by atoms with Gasteiger partial charge in [0.25, 0.3) is 0 Å². The van der Waals surface area contributed by atoms with Gasteiger partial charge in [0.15, 0.2) is 0 Å². The molecule has 0 aliphatic rings. The van der Waals surface area contributed by atoms with E-state index < -0.39 is 0 Å².